The number of nitrogens with one attached hydrogen (secondary N) is 2. The van der Waals surface area contributed by atoms with Gasteiger partial charge in [0.2, 0.25) is 11.8 Å². The molecule has 0 heterocycles. The number of hydrogen-bond donors (Lipinski definition) is 2. The number of amides is 2. The van der Waals surface area contributed by atoms with E-state index in [9.17, 15) is 9.59 Å². The van der Waals surface area contributed by atoms with E-state index in [1.54, 1.807) is 26.0 Å². The molecule has 2 aromatic carbocycles. The average molecular weight is 389 g/mol. The van der Waals surface area contributed by atoms with Crippen LogP contribution in [0.5, 0.6) is 0 Å². The number of carbonyl (C=O) groups excluding carboxylic acids is 2. The van der Waals surface area contributed by atoms with Crippen molar-refractivity contribution in [1.29, 1.82) is 0 Å². The minimum atomic E-state index is -1.21. The van der Waals surface area contributed by atoms with Crippen LogP contribution >= 0.6 is 15.9 Å². The molecule has 5 heteroatoms. The van der Waals surface area contributed by atoms with Crippen LogP contribution in [0.25, 0.3) is 0 Å². The molecule has 2 N–H and O–H groups in total. The van der Waals surface area contributed by atoms with Crippen LogP contribution in [0.4, 0.5) is 11.4 Å². The molecule has 0 radical (unpaired) electrons. The molecule has 0 atom stereocenters. The summed E-state index contributed by atoms with van der Waals surface area (Å²) in [6, 6.07) is 13.0. The highest BCUT2D eigenvalue weighted by Gasteiger charge is 2.36. The number of halogens is 1. The van der Waals surface area contributed by atoms with Crippen LogP contribution in [0.3, 0.4) is 0 Å². The molecule has 0 saturated carbocycles. The van der Waals surface area contributed by atoms with Gasteiger partial charge in [0.1, 0.15) is 5.41 Å². The van der Waals surface area contributed by atoms with E-state index < -0.39 is 5.41 Å². The third-order valence-electron chi connectivity index (χ3n) is 3.88. The quantitative estimate of drug-likeness (QED) is 0.747. The van der Waals surface area contributed by atoms with Crippen LogP contribution in [0, 0.1) is 19.3 Å². The fourth-order valence-electron chi connectivity index (χ4n) is 2.07. The largest absolute Gasteiger partial charge is 0.325 e. The molecule has 0 aliphatic rings. The van der Waals surface area contributed by atoms with E-state index in [0.717, 1.165) is 21.3 Å². The van der Waals surface area contributed by atoms with E-state index >= 15 is 0 Å². The summed E-state index contributed by atoms with van der Waals surface area (Å²) in [5.74, 6) is -0.696. The van der Waals surface area contributed by atoms with Gasteiger partial charge < -0.3 is 10.6 Å². The monoisotopic (exact) mass is 388 g/mol. The van der Waals surface area contributed by atoms with Crippen molar-refractivity contribution in [2.45, 2.75) is 27.7 Å². The molecule has 0 aliphatic carbocycles. The standard InChI is InChI=1S/C19H21BrN2O2/c1-12-5-6-13(2)16(11-12)22-18(24)19(3,4)17(23)21-15-9-7-14(20)8-10-15/h5-11H,1-4H3,(H,21,23)(H,22,24). The number of hydrogen-bond acceptors (Lipinski definition) is 2. The zero-order valence-electron chi connectivity index (χ0n) is 14.2. The summed E-state index contributed by atoms with van der Waals surface area (Å²) < 4.78 is 0.924. The van der Waals surface area contributed by atoms with Gasteiger partial charge in [-0.25, -0.2) is 0 Å². The summed E-state index contributed by atoms with van der Waals surface area (Å²) in [4.78, 5) is 25.1. The molecule has 0 fully saturated rings. The molecule has 2 aromatic rings. The molecule has 24 heavy (non-hydrogen) atoms. The lowest BCUT2D eigenvalue weighted by Gasteiger charge is -2.23. The van der Waals surface area contributed by atoms with Crippen molar-refractivity contribution in [2.75, 3.05) is 10.6 Å². The summed E-state index contributed by atoms with van der Waals surface area (Å²) in [6.45, 7) is 7.10. The maximum absolute atomic E-state index is 12.6. The van der Waals surface area contributed by atoms with Crippen molar-refractivity contribution in [2.24, 2.45) is 5.41 Å². The molecule has 0 saturated heterocycles. The summed E-state index contributed by atoms with van der Waals surface area (Å²) in [5, 5.41) is 5.64. The second-order valence-corrected chi connectivity index (χ2v) is 7.27. The molecule has 2 rings (SSSR count). The van der Waals surface area contributed by atoms with Crippen LogP contribution in [-0.2, 0) is 9.59 Å². The van der Waals surface area contributed by atoms with Crippen LogP contribution < -0.4 is 10.6 Å². The first-order valence-corrected chi connectivity index (χ1v) is 8.45. The Morgan fingerprint density at radius 2 is 1.50 bits per heavy atom. The highest BCUT2D eigenvalue weighted by molar-refractivity contribution is 9.10. The first-order chi connectivity index (χ1) is 11.2. The lowest BCUT2D eigenvalue weighted by molar-refractivity contribution is -0.135. The third-order valence-corrected chi connectivity index (χ3v) is 4.41. The Balaban J connectivity index is 2.12. The van der Waals surface area contributed by atoms with Crippen molar-refractivity contribution in [3.05, 3.63) is 58.1 Å². The average Bonchev–Trinajstić information content (AvgIpc) is 2.53. The fraction of sp³-hybridized carbons (Fsp3) is 0.263. The topological polar surface area (TPSA) is 58.2 Å². The van der Waals surface area contributed by atoms with Gasteiger partial charge in [-0.1, -0.05) is 28.1 Å². The maximum Gasteiger partial charge on any atom is 0.239 e. The van der Waals surface area contributed by atoms with Gasteiger partial charge in [0.25, 0.3) is 0 Å². The molecular formula is C19H21BrN2O2. The van der Waals surface area contributed by atoms with E-state index in [4.69, 9.17) is 0 Å². The summed E-state index contributed by atoms with van der Waals surface area (Å²) >= 11 is 3.35. The number of anilines is 2. The van der Waals surface area contributed by atoms with E-state index in [-0.39, 0.29) is 11.8 Å². The second-order valence-electron chi connectivity index (χ2n) is 6.36. The lowest BCUT2D eigenvalue weighted by Crippen LogP contribution is -2.41. The summed E-state index contributed by atoms with van der Waals surface area (Å²) in [6.07, 6.45) is 0. The van der Waals surface area contributed by atoms with Crippen molar-refractivity contribution in [3.8, 4) is 0 Å². The van der Waals surface area contributed by atoms with Crippen molar-refractivity contribution in [3.63, 3.8) is 0 Å². The second kappa shape index (κ2) is 7.18. The van der Waals surface area contributed by atoms with E-state index in [1.165, 1.54) is 0 Å². The Bertz CT molecular complexity index is 767. The predicted molar refractivity (Wildman–Crippen MR) is 101 cm³/mol. The van der Waals surface area contributed by atoms with Gasteiger partial charge in [-0.2, -0.15) is 0 Å². The fourth-order valence-corrected chi connectivity index (χ4v) is 2.34. The van der Waals surface area contributed by atoms with E-state index in [0.29, 0.717) is 5.69 Å². The van der Waals surface area contributed by atoms with Crippen LogP contribution in [0.1, 0.15) is 25.0 Å². The Morgan fingerprint density at radius 3 is 2.12 bits per heavy atom. The smallest absolute Gasteiger partial charge is 0.239 e. The normalized spacial score (nSPS) is 11.0. The number of benzene rings is 2. The summed E-state index contributed by atoms with van der Waals surface area (Å²) in [7, 11) is 0. The molecule has 2 amide bonds. The minimum absolute atomic E-state index is 0.342. The highest BCUT2D eigenvalue weighted by Crippen LogP contribution is 2.24. The first-order valence-electron chi connectivity index (χ1n) is 7.66. The van der Waals surface area contributed by atoms with Gasteiger partial charge in [0, 0.05) is 15.8 Å². The van der Waals surface area contributed by atoms with E-state index in [2.05, 4.69) is 26.6 Å². The zero-order chi connectivity index (χ0) is 17.9. The molecule has 0 aliphatic heterocycles. The Kier molecular flexibility index (Phi) is 5.44. The minimum Gasteiger partial charge on any atom is -0.325 e. The predicted octanol–water partition coefficient (Wildman–Crippen LogP) is 4.67. The molecule has 0 aromatic heterocycles. The van der Waals surface area contributed by atoms with Crippen molar-refractivity contribution < 1.29 is 9.59 Å². The molecular weight excluding hydrogens is 368 g/mol. The SMILES string of the molecule is Cc1ccc(C)c(NC(=O)C(C)(C)C(=O)Nc2ccc(Br)cc2)c1. The van der Waals surface area contributed by atoms with E-state index in [1.807, 2.05) is 44.2 Å². The Labute approximate surface area is 150 Å². The summed E-state index contributed by atoms with van der Waals surface area (Å²) in [5.41, 5.74) is 2.18. The van der Waals surface area contributed by atoms with Gasteiger partial charge in [0.05, 0.1) is 0 Å². The maximum atomic E-state index is 12.6. The highest BCUT2D eigenvalue weighted by atomic mass is 79.9. The van der Waals surface area contributed by atoms with Crippen molar-refractivity contribution in [1.82, 2.24) is 0 Å². The van der Waals surface area contributed by atoms with Gasteiger partial charge in [0.15, 0.2) is 0 Å². The molecule has 0 bridgehead atoms. The molecule has 0 unspecified atom stereocenters. The molecule has 0 spiro atoms. The van der Waals surface area contributed by atoms with Crippen LogP contribution in [0.15, 0.2) is 46.9 Å². The molecule has 126 valence electrons. The Morgan fingerprint density at radius 1 is 0.917 bits per heavy atom. The number of rotatable bonds is 4. The van der Waals surface area contributed by atoms with Crippen molar-refractivity contribution >= 4 is 39.1 Å². The van der Waals surface area contributed by atoms with Gasteiger partial charge >= 0.3 is 0 Å². The lowest BCUT2D eigenvalue weighted by atomic mass is 9.90. The van der Waals surface area contributed by atoms with Crippen LogP contribution in [0.2, 0.25) is 0 Å². The third kappa shape index (κ3) is 4.23. The molecule has 4 nitrogen and oxygen atoms in total. The number of aryl methyl sites for hydroxylation is 2. The van der Waals surface area contributed by atoms with Gasteiger partial charge in [-0.05, 0) is 69.2 Å². The van der Waals surface area contributed by atoms with Gasteiger partial charge in [-0.3, -0.25) is 9.59 Å². The zero-order valence-corrected chi connectivity index (χ0v) is 15.8. The van der Waals surface area contributed by atoms with Crippen LogP contribution in [-0.4, -0.2) is 11.8 Å². The first kappa shape index (κ1) is 18.2. The number of carbonyl (C=O) groups is 2. The van der Waals surface area contributed by atoms with Gasteiger partial charge in [-0.15, -0.1) is 0 Å². The Hall–Kier alpha value is -2.14.